The first-order chi connectivity index (χ1) is 17.7. The third kappa shape index (κ3) is 4.88. The summed E-state index contributed by atoms with van der Waals surface area (Å²) in [5.74, 6) is 0.656. The second kappa shape index (κ2) is 10.4. The molecule has 0 radical (unpaired) electrons. The van der Waals surface area contributed by atoms with Gasteiger partial charge in [0.1, 0.15) is 0 Å². The minimum Gasteiger partial charge on any atom is -0.370 e. The number of piperidine rings is 1. The second-order valence-corrected chi connectivity index (χ2v) is 10.4. The largest absolute Gasteiger partial charge is 0.370 e. The number of hydrogen-bond donors (Lipinski definition) is 2. The van der Waals surface area contributed by atoms with Gasteiger partial charge in [0.05, 0.1) is 0 Å². The second-order valence-electron chi connectivity index (χ2n) is 9.98. The number of nitrogens with zero attached hydrogens (tertiary/aromatic N) is 2. The lowest BCUT2D eigenvalue weighted by molar-refractivity contribution is 0.217. The molecule has 0 amide bonds. The summed E-state index contributed by atoms with van der Waals surface area (Å²) < 4.78 is 0. The number of hydrogen-bond acceptors (Lipinski definition) is 2. The van der Waals surface area contributed by atoms with Gasteiger partial charge < -0.3 is 19.8 Å². The number of benzene rings is 3. The van der Waals surface area contributed by atoms with E-state index < -0.39 is 0 Å². The molecule has 7 rings (SSSR count). The Morgan fingerprint density at radius 2 is 1.64 bits per heavy atom. The average Bonchev–Trinajstić information content (AvgIpc) is 3.66. The number of fused-ring (bicyclic) bond motifs is 3. The van der Waals surface area contributed by atoms with Gasteiger partial charge in [-0.2, -0.15) is 0 Å². The smallest absolute Gasteiger partial charge is 0.0471 e. The first kappa shape index (κ1) is 23.2. The zero-order valence-corrected chi connectivity index (χ0v) is 21.3. The first-order valence-corrected chi connectivity index (χ1v) is 13.5. The van der Waals surface area contributed by atoms with Crippen molar-refractivity contribution >= 4 is 39.1 Å². The summed E-state index contributed by atoms with van der Waals surface area (Å²) >= 11 is 6.12. The summed E-state index contributed by atoms with van der Waals surface area (Å²) in [6, 6.07) is 25.4. The molecule has 2 aliphatic rings. The van der Waals surface area contributed by atoms with E-state index in [2.05, 4.69) is 74.5 Å². The highest BCUT2D eigenvalue weighted by atomic mass is 35.5. The molecule has 5 aromatic rings. The van der Waals surface area contributed by atoms with Crippen molar-refractivity contribution < 1.29 is 0 Å². The van der Waals surface area contributed by atoms with Crippen LogP contribution >= 0.6 is 11.6 Å². The normalized spacial score (nSPS) is 16.3. The van der Waals surface area contributed by atoms with Crippen molar-refractivity contribution in [3.63, 3.8) is 0 Å². The van der Waals surface area contributed by atoms with E-state index in [4.69, 9.17) is 11.6 Å². The van der Waals surface area contributed by atoms with Crippen molar-refractivity contribution in [2.24, 2.45) is 0 Å². The zero-order valence-electron chi connectivity index (χ0n) is 20.6. The van der Waals surface area contributed by atoms with E-state index in [0.717, 1.165) is 17.1 Å². The Hall–Kier alpha value is -3.21. The van der Waals surface area contributed by atoms with Crippen molar-refractivity contribution in [1.29, 1.82) is 0 Å². The summed E-state index contributed by atoms with van der Waals surface area (Å²) in [6.07, 6.45) is 7.83. The lowest BCUT2D eigenvalue weighted by Gasteiger charge is -2.33. The third-order valence-corrected chi connectivity index (χ3v) is 8.07. The van der Waals surface area contributed by atoms with Crippen LogP contribution in [0.1, 0.15) is 29.9 Å². The third-order valence-electron chi connectivity index (χ3n) is 7.84. The van der Waals surface area contributed by atoms with Gasteiger partial charge in [-0.25, -0.2) is 0 Å². The van der Waals surface area contributed by atoms with E-state index in [1.165, 1.54) is 78.5 Å². The number of H-pyrrole nitrogens is 2. The van der Waals surface area contributed by atoms with Crippen LogP contribution in [0.2, 0.25) is 5.02 Å². The van der Waals surface area contributed by atoms with Crippen molar-refractivity contribution in [2.75, 3.05) is 37.6 Å². The van der Waals surface area contributed by atoms with Gasteiger partial charge in [0.2, 0.25) is 0 Å². The van der Waals surface area contributed by atoms with E-state index in [9.17, 15) is 0 Å². The molecule has 1 fully saturated rings. The van der Waals surface area contributed by atoms with E-state index in [0.29, 0.717) is 5.92 Å². The van der Waals surface area contributed by atoms with Crippen LogP contribution in [0.3, 0.4) is 0 Å². The summed E-state index contributed by atoms with van der Waals surface area (Å²) in [4.78, 5) is 11.7. The van der Waals surface area contributed by atoms with Crippen LogP contribution in [-0.2, 0) is 6.42 Å². The summed E-state index contributed by atoms with van der Waals surface area (Å²) in [5, 5.41) is 3.42. The highest BCUT2D eigenvalue weighted by Crippen LogP contribution is 2.34. The number of rotatable bonds is 4. The zero-order chi connectivity index (χ0) is 24.3. The van der Waals surface area contributed by atoms with Crippen molar-refractivity contribution in [3.05, 3.63) is 101 Å². The maximum atomic E-state index is 6.12. The molecule has 0 aliphatic carbocycles. The Morgan fingerprint density at radius 3 is 2.53 bits per heavy atom. The molecule has 0 bridgehead atoms. The number of aromatic amines is 2. The van der Waals surface area contributed by atoms with Crippen LogP contribution in [0, 0.1) is 0 Å². The van der Waals surface area contributed by atoms with Crippen LogP contribution in [0.15, 0.2) is 85.2 Å². The number of nitrogens with one attached hydrogen (secondary N) is 2. The Balaban J connectivity index is 0.000000223. The van der Waals surface area contributed by atoms with Gasteiger partial charge in [-0.3, -0.25) is 0 Å². The average molecular weight is 497 g/mol. The van der Waals surface area contributed by atoms with Crippen LogP contribution in [0.4, 0.5) is 5.69 Å². The maximum absolute atomic E-state index is 6.12. The Morgan fingerprint density at radius 1 is 0.806 bits per heavy atom. The Bertz CT molecular complexity index is 1410. The predicted octanol–water partition coefficient (Wildman–Crippen LogP) is 7.23. The molecule has 4 nitrogen and oxygen atoms in total. The molecule has 0 saturated carbocycles. The number of para-hydroxylation sites is 2. The topological polar surface area (TPSA) is 38.1 Å². The highest BCUT2D eigenvalue weighted by molar-refractivity contribution is 6.31. The molecule has 2 aromatic heterocycles. The van der Waals surface area contributed by atoms with Gasteiger partial charge in [0.15, 0.2) is 0 Å². The van der Waals surface area contributed by atoms with E-state index in [-0.39, 0.29) is 0 Å². The molecule has 5 heteroatoms. The van der Waals surface area contributed by atoms with Crippen molar-refractivity contribution in [3.8, 4) is 0 Å². The fourth-order valence-corrected chi connectivity index (χ4v) is 5.99. The van der Waals surface area contributed by atoms with E-state index in [1.54, 1.807) is 0 Å². The van der Waals surface area contributed by atoms with Crippen LogP contribution in [0.5, 0.6) is 0 Å². The van der Waals surface area contributed by atoms with Gasteiger partial charge in [-0.05, 0) is 85.1 Å². The highest BCUT2D eigenvalue weighted by Gasteiger charge is 2.24. The number of aromatic nitrogens is 2. The lowest BCUT2D eigenvalue weighted by Crippen LogP contribution is -2.39. The number of halogens is 1. The standard InChI is InChI=1S/C23H26ClN3.C8H7N/c24-19-5-6-20-21(16-25-22(20)15-19)17-7-10-26(11-8-17)13-14-27-12-9-18-3-1-2-4-23(18)27;1-2-4-8-7(3-1)5-6-9-8/h1-6,15-17,25H,7-14H2;1-6,9H. The Labute approximate surface area is 217 Å². The van der Waals surface area contributed by atoms with E-state index >= 15 is 0 Å². The fourth-order valence-electron chi connectivity index (χ4n) is 5.82. The van der Waals surface area contributed by atoms with Gasteiger partial charge in [-0.15, -0.1) is 0 Å². The minimum absolute atomic E-state index is 0.656. The van der Waals surface area contributed by atoms with Crippen molar-refractivity contribution in [2.45, 2.75) is 25.2 Å². The molecule has 184 valence electrons. The van der Waals surface area contributed by atoms with Crippen LogP contribution < -0.4 is 4.90 Å². The molecule has 2 aliphatic heterocycles. The van der Waals surface area contributed by atoms with Crippen LogP contribution in [0.25, 0.3) is 21.8 Å². The van der Waals surface area contributed by atoms with Gasteiger partial charge >= 0.3 is 0 Å². The fraction of sp³-hybridized carbons (Fsp3) is 0.290. The SMILES string of the molecule is Clc1ccc2c(C3CCN(CCN4CCc5ccccc54)CC3)c[nH]c2c1.c1ccc2[nH]ccc2c1. The van der Waals surface area contributed by atoms with Crippen molar-refractivity contribution in [1.82, 2.24) is 14.9 Å². The first-order valence-electron chi connectivity index (χ1n) is 13.1. The van der Waals surface area contributed by atoms with Gasteiger partial charge in [-0.1, -0.05) is 54.1 Å². The summed E-state index contributed by atoms with van der Waals surface area (Å²) in [7, 11) is 0. The molecule has 0 spiro atoms. The summed E-state index contributed by atoms with van der Waals surface area (Å²) in [6.45, 7) is 5.88. The molecule has 3 aromatic carbocycles. The summed E-state index contributed by atoms with van der Waals surface area (Å²) in [5.41, 5.74) is 6.79. The Kier molecular flexibility index (Phi) is 6.71. The predicted molar refractivity (Wildman–Crippen MR) is 152 cm³/mol. The minimum atomic E-state index is 0.656. The molecule has 0 atom stereocenters. The maximum Gasteiger partial charge on any atom is 0.0471 e. The van der Waals surface area contributed by atoms with E-state index in [1.807, 2.05) is 30.5 Å². The van der Waals surface area contributed by atoms with Crippen LogP contribution in [-0.4, -0.2) is 47.6 Å². The molecule has 1 saturated heterocycles. The molecular formula is C31H33ClN4. The molecule has 0 unspecified atom stereocenters. The molecule has 2 N–H and O–H groups in total. The molecular weight excluding hydrogens is 464 g/mol. The molecule has 4 heterocycles. The monoisotopic (exact) mass is 496 g/mol. The van der Waals surface area contributed by atoms with Gasteiger partial charge in [0.25, 0.3) is 0 Å². The number of likely N-dealkylation sites (tertiary alicyclic amines) is 1. The quantitative estimate of drug-likeness (QED) is 0.275. The van der Waals surface area contributed by atoms with Gasteiger partial charge in [0, 0.05) is 59.2 Å². The number of anilines is 1. The lowest BCUT2D eigenvalue weighted by atomic mass is 9.89. The molecule has 36 heavy (non-hydrogen) atoms.